The van der Waals surface area contributed by atoms with Crippen molar-refractivity contribution in [3.05, 3.63) is 64.5 Å². The molecule has 0 saturated carbocycles. The lowest BCUT2D eigenvalue weighted by atomic mass is 10.1. The number of carbonyl (C=O) groups excluding carboxylic acids is 1. The van der Waals surface area contributed by atoms with E-state index in [9.17, 15) is 13.2 Å². The SMILES string of the molecule is Cc1c(C(=O)NC(C)c2ccc(S(C)(=O)=O)cc2)sc2ccccc12. The van der Waals surface area contributed by atoms with Gasteiger partial charge in [-0.25, -0.2) is 8.42 Å². The predicted molar refractivity (Wildman–Crippen MR) is 102 cm³/mol. The second kappa shape index (κ2) is 6.61. The van der Waals surface area contributed by atoms with Crippen LogP contribution < -0.4 is 5.32 Å². The van der Waals surface area contributed by atoms with E-state index in [4.69, 9.17) is 0 Å². The normalized spacial score (nSPS) is 12.9. The number of aryl methyl sites for hydroxylation is 1. The van der Waals surface area contributed by atoms with E-state index in [-0.39, 0.29) is 16.8 Å². The first-order valence-corrected chi connectivity index (χ1v) is 10.6. The van der Waals surface area contributed by atoms with Crippen LogP contribution in [0.1, 0.15) is 33.8 Å². The molecule has 0 radical (unpaired) electrons. The fourth-order valence-corrected chi connectivity index (χ4v) is 4.48. The Morgan fingerprint density at radius 1 is 1.08 bits per heavy atom. The summed E-state index contributed by atoms with van der Waals surface area (Å²) in [7, 11) is -3.22. The van der Waals surface area contributed by atoms with E-state index in [1.165, 1.54) is 17.6 Å². The molecule has 1 unspecified atom stereocenters. The molecule has 3 aromatic rings. The zero-order valence-electron chi connectivity index (χ0n) is 14.2. The quantitative estimate of drug-likeness (QED) is 0.749. The lowest BCUT2D eigenvalue weighted by Gasteiger charge is -2.14. The van der Waals surface area contributed by atoms with E-state index < -0.39 is 9.84 Å². The molecule has 0 aliphatic heterocycles. The first-order chi connectivity index (χ1) is 11.8. The van der Waals surface area contributed by atoms with Gasteiger partial charge in [0.25, 0.3) is 5.91 Å². The molecule has 0 saturated heterocycles. The Morgan fingerprint density at radius 3 is 2.32 bits per heavy atom. The Kier molecular flexibility index (Phi) is 4.67. The average Bonchev–Trinajstić information content (AvgIpc) is 2.91. The summed E-state index contributed by atoms with van der Waals surface area (Å²) in [6, 6.07) is 14.4. The maximum Gasteiger partial charge on any atom is 0.262 e. The molecule has 1 N–H and O–H groups in total. The summed E-state index contributed by atoms with van der Waals surface area (Å²) in [5, 5.41) is 4.09. The van der Waals surface area contributed by atoms with Crippen molar-refractivity contribution in [2.45, 2.75) is 24.8 Å². The van der Waals surface area contributed by atoms with Gasteiger partial charge in [-0.15, -0.1) is 11.3 Å². The number of hydrogen-bond donors (Lipinski definition) is 1. The number of carbonyl (C=O) groups is 1. The van der Waals surface area contributed by atoms with Crippen LogP contribution in [-0.2, 0) is 9.84 Å². The number of hydrogen-bond acceptors (Lipinski definition) is 4. The Hall–Kier alpha value is -2.18. The smallest absolute Gasteiger partial charge is 0.262 e. The number of amides is 1. The van der Waals surface area contributed by atoms with Gasteiger partial charge in [0.1, 0.15) is 0 Å². The van der Waals surface area contributed by atoms with Crippen molar-refractivity contribution in [2.75, 3.05) is 6.26 Å². The molecule has 1 aromatic heterocycles. The van der Waals surface area contributed by atoms with Gasteiger partial charge in [0, 0.05) is 11.0 Å². The third-order valence-corrected chi connectivity index (χ3v) is 6.61. The summed E-state index contributed by atoms with van der Waals surface area (Å²) in [5.74, 6) is -0.113. The Balaban J connectivity index is 1.81. The summed E-state index contributed by atoms with van der Waals surface area (Å²) in [6.45, 7) is 3.84. The summed E-state index contributed by atoms with van der Waals surface area (Å²) in [4.78, 5) is 13.6. The molecule has 3 rings (SSSR count). The van der Waals surface area contributed by atoms with Gasteiger partial charge in [-0.3, -0.25) is 4.79 Å². The maximum absolute atomic E-state index is 12.6. The van der Waals surface area contributed by atoms with Crippen LogP contribution in [0.15, 0.2) is 53.4 Å². The van der Waals surface area contributed by atoms with Crippen LogP contribution in [0.3, 0.4) is 0 Å². The number of sulfone groups is 1. The molecular weight excluding hydrogens is 354 g/mol. The van der Waals surface area contributed by atoms with Crippen LogP contribution >= 0.6 is 11.3 Å². The van der Waals surface area contributed by atoms with Crippen LogP contribution in [0.25, 0.3) is 10.1 Å². The molecule has 130 valence electrons. The minimum Gasteiger partial charge on any atom is -0.345 e. The molecule has 0 bridgehead atoms. The Morgan fingerprint density at radius 2 is 1.72 bits per heavy atom. The molecule has 2 aromatic carbocycles. The fourth-order valence-electron chi connectivity index (χ4n) is 2.74. The van der Waals surface area contributed by atoms with Crippen molar-refractivity contribution in [1.82, 2.24) is 5.32 Å². The number of rotatable bonds is 4. The number of thiophene rings is 1. The van der Waals surface area contributed by atoms with Crippen molar-refractivity contribution in [3.63, 3.8) is 0 Å². The van der Waals surface area contributed by atoms with Crippen LogP contribution in [0.5, 0.6) is 0 Å². The monoisotopic (exact) mass is 373 g/mol. The van der Waals surface area contributed by atoms with Crippen molar-refractivity contribution < 1.29 is 13.2 Å². The molecule has 1 heterocycles. The largest absolute Gasteiger partial charge is 0.345 e. The maximum atomic E-state index is 12.6. The molecule has 1 amide bonds. The minimum atomic E-state index is -3.22. The van der Waals surface area contributed by atoms with Gasteiger partial charge < -0.3 is 5.32 Å². The molecule has 0 spiro atoms. The second-order valence-electron chi connectivity index (χ2n) is 6.09. The molecule has 6 heteroatoms. The van der Waals surface area contributed by atoms with Gasteiger partial charge in [-0.2, -0.15) is 0 Å². The summed E-state index contributed by atoms with van der Waals surface area (Å²) < 4.78 is 24.2. The number of nitrogens with one attached hydrogen (secondary N) is 1. The van der Waals surface area contributed by atoms with Crippen molar-refractivity contribution >= 4 is 37.2 Å². The highest BCUT2D eigenvalue weighted by molar-refractivity contribution is 7.90. The zero-order valence-corrected chi connectivity index (χ0v) is 15.9. The third kappa shape index (κ3) is 3.60. The van der Waals surface area contributed by atoms with E-state index in [0.29, 0.717) is 4.88 Å². The molecule has 0 fully saturated rings. The van der Waals surface area contributed by atoms with E-state index in [2.05, 4.69) is 5.32 Å². The second-order valence-corrected chi connectivity index (χ2v) is 9.16. The van der Waals surface area contributed by atoms with E-state index in [0.717, 1.165) is 21.2 Å². The lowest BCUT2D eigenvalue weighted by Crippen LogP contribution is -2.26. The van der Waals surface area contributed by atoms with Crippen molar-refractivity contribution in [1.29, 1.82) is 0 Å². The number of benzene rings is 2. The standard InChI is InChI=1S/C19H19NO3S2/c1-12-16-6-4-5-7-17(16)24-18(12)19(21)20-13(2)14-8-10-15(11-9-14)25(3,22)23/h4-11,13H,1-3H3,(H,20,21). The van der Waals surface area contributed by atoms with Gasteiger partial charge in [0.05, 0.1) is 15.8 Å². The Labute approximate surface area is 151 Å². The molecule has 0 aliphatic carbocycles. The molecule has 4 nitrogen and oxygen atoms in total. The first-order valence-electron chi connectivity index (χ1n) is 7.86. The highest BCUT2D eigenvalue weighted by Gasteiger charge is 2.18. The topological polar surface area (TPSA) is 63.2 Å². The lowest BCUT2D eigenvalue weighted by molar-refractivity contribution is 0.0943. The van der Waals surface area contributed by atoms with Crippen LogP contribution in [0, 0.1) is 6.92 Å². The van der Waals surface area contributed by atoms with Crippen molar-refractivity contribution in [3.8, 4) is 0 Å². The van der Waals surface area contributed by atoms with Crippen LogP contribution in [-0.4, -0.2) is 20.6 Å². The predicted octanol–water partition coefficient (Wildman–Crippen LogP) is 4.10. The zero-order chi connectivity index (χ0) is 18.2. The van der Waals surface area contributed by atoms with E-state index in [1.54, 1.807) is 24.3 Å². The molecule has 25 heavy (non-hydrogen) atoms. The first kappa shape index (κ1) is 17.6. The molecular formula is C19H19NO3S2. The number of fused-ring (bicyclic) bond motifs is 1. The van der Waals surface area contributed by atoms with Crippen LogP contribution in [0.4, 0.5) is 0 Å². The van der Waals surface area contributed by atoms with Gasteiger partial charge in [-0.1, -0.05) is 30.3 Å². The fraction of sp³-hybridized carbons (Fsp3) is 0.211. The van der Waals surface area contributed by atoms with Crippen molar-refractivity contribution in [2.24, 2.45) is 0 Å². The van der Waals surface area contributed by atoms with Gasteiger partial charge in [-0.05, 0) is 48.6 Å². The average molecular weight is 373 g/mol. The van der Waals surface area contributed by atoms with E-state index in [1.807, 2.05) is 38.1 Å². The van der Waals surface area contributed by atoms with Gasteiger partial charge in [0.15, 0.2) is 9.84 Å². The summed E-state index contributed by atoms with van der Waals surface area (Å²) in [5.41, 5.74) is 1.84. The summed E-state index contributed by atoms with van der Waals surface area (Å²) in [6.07, 6.45) is 1.18. The third-order valence-electron chi connectivity index (χ3n) is 4.21. The molecule has 0 aliphatic rings. The molecule has 1 atom stereocenters. The highest BCUT2D eigenvalue weighted by atomic mass is 32.2. The summed E-state index contributed by atoms with van der Waals surface area (Å²) >= 11 is 1.48. The van der Waals surface area contributed by atoms with Crippen LogP contribution in [0.2, 0.25) is 0 Å². The highest BCUT2D eigenvalue weighted by Crippen LogP contribution is 2.31. The van der Waals surface area contributed by atoms with Gasteiger partial charge in [0.2, 0.25) is 0 Å². The Bertz CT molecular complexity index is 1030. The van der Waals surface area contributed by atoms with Gasteiger partial charge >= 0.3 is 0 Å². The minimum absolute atomic E-state index is 0.113. The van der Waals surface area contributed by atoms with E-state index >= 15 is 0 Å².